The molecule has 4 heteroatoms. The summed E-state index contributed by atoms with van der Waals surface area (Å²) in [7, 11) is 0. The van der Waals surface area contributed by atoms with Crippen molar-refractivity contribution in [1.82, 2.24) is 5.32 Å². The predicted molar refractivity (Wildman–Crippen MR) is 81.4 cm³/mol. The maximum absolute atomic E-state index is 12.7. The predicted octanol–water partition coefficient (Wildman–Crippen LogP) is 3.92. The molecule has 0 saturated heterocycles. The Morgan fingerprint density at radius 3 is 2.65 bits per heavy atom. The second kappa shape index (κ2) is 7.01. The number of carbonyl (C=O) groups excluding carboxylic acids is 1. The first-order valence-electron chi connectivity index (χ1n) is 6.09. The second-order valence-electron chi connectivity index (χ2n) is 4.23. The number of amides is 1. The molecule has 0 fully saturated rings. The Bertz CT molecular complexity index is 623. The molecule has 0 aliphatic carbocycles. The van der Waals surface area contributed by atoms with Crippen molar-refractivity contribution in [3.63, 3.8) is 0 Å². The van der Waals surface area contributed by atoms with E-state index in [1.54, 1.807) is 18.2 Å². The number of hydrogen-bond donors (Lipinski definition) is 1. The smallest absolute Gasteiger partial charge is 0.244 e. The van der Waals surface area contributed by atoms with Gasteiger partial charge in [0, 0.05) is 17.1 Å². The van der Waals surface area contributed by atoms with Crippen molar-refractivity contribution < 1.29 is 9.18 Å². The van der Waals surface area contributed by atoms with E-state index in [4.69, 9.17) is 0 Å². The van der Waals surface area contributed by atoms with Gasteiger partial charge in [0.15, 0.2) is 0 Å². The zero-order chi connectivity index (χ0) is 14.4. The van der Waals surface area contributed by atoms with Crippen LogP contribution in [0.3, 0.4) is 0 Å². The average molecular weight is 334 g/mol. The first kappa shape index (κ1) is 14.5. The van der Waals surface area contributed by atoms with Gasteiger partial charge in [-0.1, -0.05) is 40.2 Å². The molecular formula is C16H13BrFNO. The number of carbonyl (C=O) groups is 1. The van der Waals surface area contributed by atoms with E-state index >= 15 is 0 Å². The van der Waals surface area contributed by atoms with E-state index in [-0.39, 0.29) is 11.7 Å². The summed E-state index contributed by atoms with van der Waals surface area (Å²) in [5.74, 6) is -0.469. The highest BCUT2D eigenvalue weighted by Crippen LogP contribution is 2.12. The normalized spacial score (nSPS) is 10.7. The highest BCUT2D eigenvalue weighted by atomic mass is 79.9. The van der Waals surface area contributed by atoms with Gasteiger partial charge in [0.05, 0.1) is 0 Å². The third kappa shape index (κ3) is 4.63. The molecule has 2 rings (SSSR count). The Morgan fingerprint density at radius 1 is 1.20 bits per heavy atom. The van der Waals surface area contributed by atoms with E-state index in [0.717, 1.165) is 15.6 Å². The molecule has 2 nitrogen and oxygen atoms in total. The SMILES string of the molecule is O=C(/C=C/c1cccc(Br)c1)NCc1ccc(F)cc1. The summed E-state index contributed by atoms with van der Waals surface area (Å²) in [5, 5.41) is 2.74. The van der Waals surface area contributed by atoms with Gasteiger partial charge in [-0.05, 0) is 41.5 Å². The van der Waals surface area contributed by atoms with Gasteiger partial charge in [0.2, 0.25) is 5.91 Å². The minimum Gasteiger partial charge on any atom is -0.348 e. The molecule has 0 aromatic heterocycles. The minimum atomic E-state index is -0.283. The average Bonchev–Trinajstić information content (AvgIpc) is 2.45. The van der Waals surface area contributed by atoms with Crippen LogP contribution in [-0.2, 0) is 11.3 Å². The monoisotopic (exact) mass is 333 g/mol. The van der Waals surface area contributed by atoms with Crippen LogP contribution in [0.25, 0.3) is 6.08 Å². The van der Waals surface area contributed by atoms with Crippen LogP contribution in [0.2, 0.25) is 0 Å². The van der Waals surface area contributed by atoms with Crippen LogP contribution in [0.1, 0.15) is 11.1 Å². The third-order valence-corrected chi connectivity index (χ3v) is 3.15. The summed E-state index contributed by atoms with van der Waals surface area (Å²) >= 11 is 3.37. The van der Waals surface area contributed by atoms with Crippen molar-refractivity contribution in [3.8, 4) is 0 Å². The van der Waals surface area contributed by atoms with Crippen LogP contribution in [-0.4, -0.2) is 5.91 Å². The molecule has 20 heavy (non-hydrogen) atoms. The van der Waals surface area contributed by atoms with Gasteiger partial charge in [0.1, 0.15) is 5.82 Å². The fourth-order valence-corrected chi connectivity index (χ4v) is 2.05. The topological polar surface area (TPSA) is 29.1 Å². The first-order chi connectivity index (χ1) is 9.63. The van der Waals surface area contributed by atoms with Gasteiger partial charge < -0.3 is 5.32 Å². The van der Waals surface area contributed by atoms with Crippen molar-refractivity contribution in [2.24, 2.45) is 0 Å². The highest BCUT2D eigenvalue weighted by Gasteiger charge is 1.97. The maximum atomic E-state index is 12.7. The fourth-order valence-electron chi connectivity index (χ4n) is 1.63. The number of nitrogens with one attached hydrogen (secondary N) is 1. The van der Waals surface area contributed by atoms with Crippen LogP contribution in [0, 0.1) is 5.82 Å². The van der Waals surface area contributed by atoms with E-state index in [1.807, 2.05) is 24.3 Å². The molecule has 0 atom stereocenters. The number of benzene rings is 2. The molecule has 0 aliphatic rings. The lowest BCUT2D eigenvalue weighted by Gasteiger charge is -2.02. The lowest BCUT2D eigenvalue weighted by atomic mass is 10.2. The molecule has 0 saturated carbocycles. The van der Waals surface area contributed by atoms with Crippen LogP contribution in [0.5, 0.6) is 0 Å². The molecule has 0 aliphatic heterocycles. The second-order valence-corrected chi connectivity index (χ2v) is 5.15. The first-order valence-corrected chi connectivity index (χ1v) is 6.89. The Morgan fingerprint density at radius 2 is 1.95 bits per heavy atom. The van der Waals surface area contributed by atoms with Crippen molar-refractivity contribution in [2.45, 2.75) is 6.54 Å². The molecule has 0 heterocycles. The van der Waals surface area contributed by atoms with Crippen molar-refractivity contribution in [1.29, 1.82) is 0 Å². The molecule has 2 aromatic carbocycles. The molecular weight excluding hydrogens is 321 g/mol. The van der Waals surface area contributed by atoms with Gasteiger partial charge in [-0.25, -0.2) is 4.39 Å². The van der Waals surface area contributed by atoms with Crippen LogP contribution in [0.4, 0.5) is 4.39 Å². The standard InChI is InChI=1S/C16H13BrFNO/c17-14-3-1-2-12(10-14)6-9-16(20)19-11-13-4-7-15(18)8-5-13/h1-10H,11H2,(H,19,20)/b9-6+. The van der Waals surface area contributed by atoms with Gasteiger partial charge in [-0.15, -0.1) is 0 Å². The van der Waals surface area contributed by atoms with Gasteiger partial charge in [-0.2, -0.15) is 0 Å². The molecule has 0 unspecified atom stereocenters. The van der Waals surface area contributed by atoms with E-state index in [0.29, 0.717) is 6.54 Å². The minimum absolute atomic E-state index is 0.186. The quantitative estimate of drug-likeness (QED) is 0.844. The molecule has 2 aromatic rings. The molecule has 102 valence electrons. The summed E-state index contributed by atoms with van der Waals surface area (Å²) in [6.07, 6.45) is 3.22. The number of hydrogen-bond acceptors (Lipinski definition) is 1. The molecule has 0 bridgehead atoms. The lowest BCUT2D eigenvalue weighted by molar-refractivity contribution is -0.116. The van der Waals surface area contributed by atoms with Gasteiger partial charge >= 0.3 is 0 Å². The van der Waals surface area contributed by atoms with Gasteiger partial charge in [-0.3, -0.25) is 4.79 Å². The Labute approximate surface area is 125 Å². The summed E-state index contributed by atoms with van der Waals surface area (Å²) < 4.78 is 13.7. The van der Waals surface area contributed by atoms with Crippen molar-refractivity contribution in [3.05, 3.63) is 76.0 Å². The van der Waals surface area contributed by atoms with Crippen molar-refractivity contribution >= 4 is 27.9 Å². The lowest BCUT2D eigenvalue weighted by Crippen LogP contribution is -2.20. The number of rotatable bonds is 4. The summed E-state index contributed by atoms with van der Waals surface area (Å²) in [6, 6.07) is 13.7. The van der Waals surface area contributed by atoms with E-state index < -0.39 is 0 Å². The Kier molecular flexibility index (Phi) is 5.07. The fraction of sp³-hybridized carbons (Fsp3) is 0.0625. The summed E-state index contributed by atoms with van der Waals surface area (Å²) in [6.45, 7) is 0.377. The van der Waals surface area contributed by atoms with Crippen molar-refractivity contribution in [2.75, 3.05) is 0 Å². The number of halogens is 2. The van der Waals surface area contributed by atoms with Crippen LogP contribution >= 0.6 is 15.9 Å². The zero-order valence-electron chi connectivity index (χ0n) is 10.6. The Balaban J connectivity index is 1.88. The highest BCUT2D eigenvalue weighted by molar-refractivity contribution is 9.10. The van der Waals surface area contributed by atoms with E-state index in [9.17, 15) is 9.18 Å². The summed E-state index contributed by atoms with van der Waals surface area (Å²) in [5.41, 5.74) is 1.80. The Hall–Kier alpha value is -1.94. The van der Waals surface area contributed by atoms with Crippen LogP contribution < -0.4 is 5.32 Å². The molecule has 1 amide bonds. The van der Waals surface area contributed by atoms with Crippen LogP contribution in [0.15, 0.2) is 59.1 Å². The maximum Gasteiger partial charge on any atom is 0.244 e. The molecule has 0 radical (unpaired) electrons. The zero-order valence-corrected chi connectivity index (χ0v) is 12.2. The van der Waals surface area contributed by atoms with E-state index in [1.165, 1.54) is 18.2 Å². The molecule has 1 N–H and O–H groups in total. The third-order valence-electron chi connectivity index (χ3n) is 2.66. The summed E-state index contributed by atoms with van der Waals surface area (Å²) in [4.78, 5) is 11.7. The largest absolute Gasteiger partial charge is 0.348 e. The van der Waals surface area contributed by atoms with Gasteiger partial charge in [0.25, 0.3) is 0 Å². The van der Waals surface area contributed by atoms with E-state index in [2.05, 4.69) is 21.2 Å². The molecule has 0 spiro atoms.